The molecule has 2 rings (SSSR count). The lowest BCUT2D eigenvalue weighted by Crippen LogP contribution is -2.54. The highest BCUT2D eigenvalue weighted by Gasteiger charge is 2.31. The van der Waals surface area contributed by atoms with E-state index in [0.29, 0.717) is 42.9 Å². The molecular weight excluding hydrogens is 374 g/mol. The van der Waals surface area contributed by atoms with Crippen LogP contribution in [0, 0.1) is 0 Å². The quantitative estimate of drug-likeness (QED) is 0.569. The number of amides is 1. The van der Waals surface area contributed by atoms with Crippen molar-refractivity contribution in [3.63, 3.8) is 0 Å². The van der Waals surface area contributed by atoms with Gasteiger partial charge in [0.25, 0.3) is 5.91 Å². The van der Waals surface area contributed by atoms with Crippen LogP contribution >= 0.6 is 11.6 Å². The predicted octanol–water partition coefficient (Wildman–Crippen LogP) is 1.61. The lowest BCUT2D eigenvalue weighted by Gasteiger charge is -2.38. The first-order valence-electron chi connectivity index (χ1n) is 8.76. The molecule has 0 spiro atoms. The topological polar surface area (TPSA) is 114 Å². The molecule has 0 saturated carbocycles. The highest BCUT2D eigenvalue weighted by molar-refractivity contribution is 6.33. The van der Waals surface area contributed by atoms with Gasteiger partial charge in [-0.1, -0.05) is 11.6 Å². The number of piperidine rings is 1. The van der Waals surface area contributed by atoms with Crippen LogP contribution in [-0.4, -0.2) is 67.9 Å². The number of carboxylic acids is 1. The Hall–Kier alpha value is -2.03. The first-order chi connectivity index (χ1) is 12.8. The molecule has 1 fully saturated rings. The minimum absolute atomic E-state index is 0.145. The summed E-state index contributed by atoms with van der Waals surface area (Å²) < 4.78 is 10.8. The van der Waals surface area contributed by atoms with E-state index in [1.54, 1.807) is 7.11 Å². The summed E-state index contributed by atoms with van der Waals surface area (Å²) in [5.74, 6) is -0.744. The van der Waals surface area contributed by atoms with Crippen molar-refractivity contribution in [1.82, 2.24) is 10.2 Å². The number of nitrogens with one attached hydrogen (secondary N) is 1. The third-order valence-corrected chi connectivity index (χ3v) is 5.02. The maximum atomic E-state index is 12.7. The van der Waals surface area contributed by atoms with Gasteiger partial charge in [-0.15, -0.1) is 0 Å². The lowest BCUT2D eigenvalue weighted by molar-refractivity contribution is -0.137. The number of nitrogens with zero attached hydrogens (tertiary/aromatic N) is 1. The Balaban J connectivity index is 2.00. The molecule has 27 heavy (non-hydrogen) atoms. The summed E-state index contributed by atoms with van der Waals surface area (Å²) in [5, 5.41) is 12.0. The van der Waals surface area contributed by atoms with Gasteiger partial charge in [-0.05, 0) is 25.5 Å². The first-order valence-corrected chi connectivity index (χ1v) is 9.14. The minimum Gasteiger partial charge on any atom is -0.496 e. The Morgan fingerprint density at radius 2 is 2.15 bits per heavy atom. The van der Waals surface area contributed by atoms with Crippen molar-refractivity contribution in [1.29, 1.82) is 0 Å². The average Bonchev–Trinajstić information content (AvgIpc) is 2.64. The Morgan fingerprint density at radius 1 is 1.41 bits per heavy atom. The molecule has 9 heteroatoms. The average molecular weight is 400 g/mol. The smallest absolute Gasteiger partial charge is 0.303 e. The van der Waals surface area contributed by atoms with Crippen molar-refractivity contribution in [2.24, 2.45) is 0 Å². The van der Waals surface area contributed by atoms with E-state index < -0.39 is 5.97 Å². The summed E-state index contributed by atoms with van der Waals surface area (Å²) in [7, 11) is 3.07. The van der Waals surface area contributed by atoms with Crippen LogP contribution in [0.15, 0.2) is 12.1 Å². The van der Waals surface area contributed by atoms with Crippen LogP contribution in [0.3, 0.4) is 0 Å². The van der Waals surface area contributed by atoms with Crippen LogP contribution in [0.25, 0.3) is 0 Å². The molecule has 0 aliphatic carbocycles. The van der Waals surface area contributed by atoms with E-state index in [9.17, 15) is 9.59 Å². The number of aliphatic carboxylic acids is 1. The molecule has 1 aromatic rings. The maximum Gasteiger partial charge on any atom is 0.303 e. The number of rotatable bonds is 8. The first kappa shape index (κ1) is 21.3. The SMILES string of the molecule is COc1cc(N)c(Cl)cc1C(=O)N[C@@H]1CCN(CCCC(=O)O)C[C@@H]1OC. The summed E-state index contributed by atoms with van der Waals surface area (Å²) >= 11 is 6.04. The van der Waals surface area contributed by atoms with E-state index in [-0.39, 0.29) is 29.5 Å². The van der Waals surface area contributed by atoms with Crippen molar-refractivity contribution in [3.8, 4) is 5.75 Å². The number of ether oxygens (including phenoxy) is 2. The zero-order valence-corrected chi connectivity index (χ0v) is 16.3. The number of carbonyl (C=O) groups excluding carboxylic acids is 1. The fourth-order valence-corrected chi connectivity index (χ4v) is 3.37. The van der Waals surface area contributed by atoms with Gasteiger partial charge >= 0.3 is 5.97 Å². The van der Waals surface area contributed by atoms with Crippen LogP contribution in [0.2, 0.25) is 5.02 Å². The van der Waals surface area contributed by atoms with Crippen molar-refractivity contribution in [2.45, 2.75) is 31.4 Å². The van der Waals surface area contributed by atoms with Gasteiger partial charge in [-0.2, -0.15) is 0 Å². The van der Waals surface area contributed by atoms with Gasteiger partial charge in [-0.25, -0.2) is 0 Å². The van der Waals surface area contributed by atoms with Crippen LogP contribution < -0.4 is 15.8 Å². The summed E-state index contributed by atoms with van der Waals surface area (Å²) in [6, 6.07) is 2.85. The van der Waals surface area contributed by atoms with Gasteiger partial charge in [0.05, 0.1) is 35.5 Å². The number of carboxylic acid groups (broad SMARTS) is 1. The van der Waals surface area contributed by atoms with Crippen LogP contribution in [0.1, 0.15) is 29.6 Å². The van der Waals surface area contributed by atoms with Crippen molar-refractivity contribution < 1.29 is 24.2 Å². The highest BCUT2D eigenvalue weighted by atomic mass is 35.5. The molecule has 1 saturated heterocycles. The number of anilines is 1. The Kier molecular flexibility index (Phi) is 7.70. The van der Waals surface area contributed by atoms with E-state index in [2.05, 4.69) is 10.2 Å². The fraction of sp³-hybridized carbons (Fsp3) is 0.556. The van der Waals surface area contributed by atoms with Crippen LogP contribution in [0.5, 0.6) is 5.75 Å². The number of methoxy groups -OCH3 is 2. The molecule has 4 N–H and O–H groups in total. The molecule has 8 nitrogen and oxygen atoms in total. The van der Waals surface area contributed by atoms with Gasteiger partial charge in [0.15, 0.2) is 0 Å². The molecule has 0 radical (unpaired) electrons. The normalized spacial score (nSPS) is 20.3. The second-order valence-corrected chi connectivity index (χ2v) is 6.92. The number of benzene rings is 1. The minimum atomic E-state index is -0.795. The highest BCUT2D eigenvalue weighted by Crippen LogP contribution is 2.29. The summed E-state index contributed by atoms with van der Waals surface area (Å²) in [6.07, 6.45) is 1.24. The van der Waals surface area contributed by atoms with Crippen LogP contribution in [-0.2, 0) is 9.53 Å². The zero-order valence-electron chi connectivity index (χ0n) is 15.5. The lowest BCUT2D eigenvalue weighted by atomic mass is 10.0. The largest absolute Gasteiger partial charge is 0.496 e. The number of halogens is 1. The third-order valence-electron chi connectivity index (χ3n) is 4.69. The Labute approximate surface area is 163 Å². The number of carbonyl (C=O) groups is 2. The molecule has 1 heterocycles. The van der Waals surface area contributed by atoms with Gasteiger partial charge in [0.2, 0.25) is 0 Å². The number of likely N-dealkylation sites (tertiary alicyclic amines) is 1. The molecule has 0 bridgehead atoms. The molecule has 1 aliphatic heterocycles. The van der Waals surface area contributed by atoms with Gasteiger partial charge in [0.1, 0.15) is 5.75 Å². The van der Waals surface area contributed by atoms with Crippen molar-refractivity contribution >= 4 is 29.2 Å². The molecule has 1 aliphatic rings. The van der Waals surface area contributed by atoms with Crippen molar-refractivity contribution in [3.05, 3.63) is 22.7 Å². The summed E-state index contributed by atoms with van der Waals surface area (Å²) in [6.45, 7) is 2.07. The molecule has 2 atom stereocenters. The molecule has 0 unspecified atom stereocenters. The monoisotopic (exact) mass is 399 g/mol. The fourth-order valence-electron chi connectivity index (χ4n) is 3.20. The van der Waals surface area contributed by atoms with Gasteiger partial charge in [0, 0.05) is 32.7 Å². The summed E-state index contributed by atoms with van der Waals surface area (Å²) in [5.41, 5.74) is 6.42. The summed E-state index contributed by atoms with van der Waals surface area (Å²) in [4.78, 5) is 25.5. The van der Waals surface area contributed by atoms with E-state index in [4.69, 9.17) is 31.9 Å². The maximum absolute atomic E-state index is 12.7. The molecular formula is C18H26ClN3O5. The standard InChI is InChI=1S/C18H26ClN3O5/c1-26-15-9-13(20)12(19)8-11(15)18(25)21-14-5-7-22(10-16(14)27-2)6-3-4-17(23)24/h8-9,14,16H,3-7,10,20H2,1-2H3,(H,21,25)(H,23,24)/t14-,16+/m1/s1. The Bertz CT molecular complexity index is 685. The zero-order chi connectivity index (χ0) is 20.0. The number of nitrogen functional groups attached to an aromatic ring is 1. The molecule has 150 valence electrons. The van der Waals surface area contributed by atoms with Gasteiger partial charge in [-0.3, -0.25) is 9.59 Å². The molecule has 0 aromatic heterocycles. The second-order valence-electron chi connectivity index (χ2n) is 6.51. The number of hydrogen-bond acceptors (Lipinski definition) is 6. The predicted molar refractivity (Wildman–Crippen MR) is 102 cm³/mol. The second kappa shape index (κ2) is 9.77. The van der Waals surface area contributed by atoms with E-state index in [1.807, 2.05) is 0 Å². The van der Waals surface area contributed by atoms with Gasteiger partial charge < -0.3 is 30.5 Å². The molecule has 1 amide bonds. The van der Waals surface area contributed by atoms with E-state index in [1.165, 1.54) is 19.2 Å². The number of nitrogens with two attached hydrogens (primary N) is 1. The van der Waals surface area contributed by atoms with Crippen LogP contribution in [0.4, 0.5) is 5.69 Å². The number of hydrogen-bond donors (Lipinski definition) is 3. The van der Waals surface area contributed by atoms with E-state index in [0.717, 1.165) is 6.54 Å². The van der Waals surface area contributed by atoms with E-state index >= 15 is 0 Å². The molecule has 1 aromatic carbocycles. The Morgan fingerprint density at radius 3 is 2.78 bits per heavy atom. The van der Waals surface area contributed by atoms with Crippen molar-refractivity contribution in [2.75, 3.05) is 39.6 Å². The third kappa shape index (κ3) is 5.72.